The fourth-order valence-corrected chi connectivity index (χ4v) is 4.31. The Morgan fingerprint density at radius 3 is 2.83 bits per heavy atom. The summed E-state index contributed by atoms with van der Waals surface area (Å²) in [5.74, 6) is 1.82. The average molecular weight is 409 g/mol. The molecule has 0 N–H and O–H groups in total. The van der Waals surface area contributed by atoms with E-state index in [1.807, 2.05) is 42.2 Å². The molecule has 8 heteroatoms. The number of hydrogen-bond acceptors (Lipinski definition) is 7. The molecule has 0 bridgehead atoms. The summed E-state index contributed by atoms with van der Waals surface area (Å²) in [5, 5.41) is 8.26. The quantitative estimate of drug-likeness (QED) is 0.610. The van der Waals surface area contributed by atoms with Crippen LogP contribution in [0, 0.1) is 0 Å². The predicted octanol–water partition coefficient (Wildman–Crippen LogP) is 3.53. The number of ether oxygens (including phenoxy) is 2. The van der Waals surface area contributed by atoms with E-state index in [9.17, 15) is 4.79 Å². The lowest BCUT2D eigenvalue weighted by atomic mass is 10.00. The van der Waals surface area contributed by atoms with Crippen molar-refractivity contribution in [2.75, 3.05) is 13.3 Å². The van der Waals surface area contributed by atoms with Crippen LogP contribution in [0.4, 0.5) is 0 Å². The van der Waals surface area contributed by atoms with E-state index in [4.69, 9.17) is 13.9 Å². The Kier molecular flexibility index (Phi) is 4.63. The smallest absolute Gasteiger partial charge is 0.277 e. The van der Waals surface area contributed by atoms with E-state index in [1.165, 1.54) is 22.9 Å². The number of benzene rings is 2. The molecular formula is C21H19N3O4S. The Labute approximate surface area is 172 Å². The minimum absolute atomic E-state index is 0.0762. The molecule has 1 aromatic heterocycles. The Morgan fingerprint density at radius 2 is 1.93 bits per heavy atom. The zero-order valence-corrected chi connectivity index (χ0v) is 16.6. The molecule has 3 aromatic rings. The third kappa shape index (κ3) is 3.55. The molecule has 2 aliphatic heterocycles. The molecule has 5 rings (SSSR count). The minimum Gasteiger partial charge on any atom is -0.454 e. The van der Waals surface area contributed by atoms with Gasteiger partial charge in [0.25, 0.3) is 5.22 Å². The molecule has 0 fully saturated rings. The van der Waals surface area contributed by atoms with Crippen LogP contribution in [0.1, 0.15) is 18.1 Å². The number of carbonyl (C=O) groups excluding carboxylic acids is 1. The first-order chi connectivity index (χ1) is 14.2. The summed E-state index contributed by atoms with van der Waals surface area (Å²) in [6.07, 6.45) is 0.883. The summed E-state index contributed by atoms with van der Waals surface area (Å²) < 4.78 is 16.5. The van der Waals surface area contributed by atoms with Gasteiger partial charge in [-0.05, 0) is 42.7 Å². The van der Waals surface area contributed by atoms with E-state index in [2.05, 4.69) is 22.3 Å². The molecule has 3 heterocycles. The van der Waals surface area contributed by atoms with Gasteiger partial charge in [0.15, 0.2) is 11.5 Å². The van der Waals surface area contributed by atoms with E-state index >= 15 is 0 Å². The van der Waals surface area contributed by atoms with Crippen LogP contribution in [0.25, 0.3) is 11.5 Å². The van der Waals surface area contributed by atoms with Crippen LogP contribution in [0.15, 0.2) is 52.1 Å². The Balaban J connectivity index is 1.26. The highest BCUT2D eigenvalue weighted by Gasteiger charge is 2.27. The molecule has 7 nitrogen and oxygen atoms in total. The van der Waals surface area contributed by atoms with Crippen molar-refractivity contribution in [3.05, 3.63) is 53.6 Å². The highest BCUT2D eigenvalue weighted by molar-refractivity contribution is 8.00. The summed E-state index contributed by atoms with van der Waals surface area (Å²) in [5.41, 5.74) is 3.29. The van der Waals surface area contributed by atoms with Gasteiger partial charge in [0, 0.05) is 18.7 Å². The van der Waals surface area contributed by atoms with Crippen LogP contribution in [0.3, 0.4) is 0 Å². The largest absolute Gasteiger partial charge is 0.454 e. The first-order valence-corrected chi connectivity index (χ1v) is 10.3. The number of nitrogens with zero attached hydrogens (tertiary/aromatic N) is 3. The van der Waals surface area contributed by atoms with Crippen molar-refractivity contribution in [1.82, 2.24) is 15.1 Å². The fourth-order valence-electron chi connectivity index (χ4n) is 3.55. The van der Waals surface area contributed by atoms with Gasteiger partial charge in [-0.15, -0.1) is 10.2 Å². The number of carbonyl (C=O) groups is 1. The maximum Gasteiger partial charge on any atom is 0.277 e. The molecule has 0 saturated heterocycles. The van der Waals surface area contributed by atoms with Crippen molar-refractivity contribution in [2.24, 2.45) is 0 Å². The van der Waals surface area contributed by atoms with Crippen LogP contribution in [0.5, 0.6) is 11.5 Å². The fraction of sp³-hybridized carbons (Fsp3) is 0.286. The van der Waals surface area contributed by atoms with Gasteiger partial charge in [-0.1, -0.05) is 36.0 Å². The summed E-state index contributed by atoms with van der Waals surface area (Å²) >= 11 is 1.28. The average Bonchev–Trinajstić information content (AvgIpc) is 3.41. The summed E-state index contributed by atoms with van der Waals surface area (Å²) in [4.78, 5) is 14.8. The SMILES string of the molecule is C[C@@H](Sc1nnc(-c2ccc3c(c2)OCO3)o1)C(=O)N1CCc2ccccc2C1. The molecule has 0 spiro atoms. The molecule has 148 valence electrons. The molecule has 29 heavy (non-hydrogen) atoms. The molecule has 1 amide bonds. The maximum atomic E-state index is 12.9. The van der Waals surface area contributed by atoms with Crippen LogP contribution < -0.4 is 9.47 Å². The van der Waals surface area contributed by atoms with E-state index in [-0.39, 0.29) is 18.0 Å². The minimum atomic E-state index is -0.315. The first kappa shape index (κ1) is 18.1. The van der Waals surface area contributed by atoms with Gasteiger partial charge < -0.3 is 18.8 Å². The second-order valence-corrected chi connectivity index (χ2v) is 8.27. The normalized spacial score (nSPS) is 15.8. The zero-order valence-electron chi connectivity index (χ0n) is 15.8. The molecule has 0 saturated carbocycles. The third-order valence-electron chi connectivity index (χ3n) is 5.09. The number of fused-ring (bicyclic) bond motifs is 2. The van der Waals surface area contributed by atoms with Crippen molar-refractivity contribution in [2.45, 2.75) is 30.4 Å². The number of aromatic nitrogens is 2. The topological polar surface area (TPSA) is 77.7 Å². The predicted molar refractivity (Wildman–Crippen MR) is 107 cm³/mol. The van der Waals surface area contributed by atoms with Gasteiger partial charge in [-0.3, -0.25) is 4.79 Å². The standard InChI is InChI=1S/C21H19N3O4S/c1-13(20(25)24-9-8-14-4-2-3-5-16(14)11-24)29-21-23-22-19(28-21)15-6-7-17-18(10-15)27-12-26-17/h2-7,10,13H,8-9,11-12H2,1H3/t13-/m1/s1. The summed E-state index contributed by atoms with van der Waals surface area (Å²) in [7, 11) is 0. The molecular weight excluding hydrogens is 390 g/mol. The van der Waals surface area contributed by atoms with Gasteiger partial charge in [0.05, 0.1) is 5.25 Å². The zero-order chi connectivity index (χ0) is 19.8. The molecule has 0 unspecified atom stereocenters. The highest BCUT2D eigenvalue weighted by Crippen LogP contribution is 2.36. The molecule has 0 radical (unpaired) electrons. The number of amides is 1. The Bertz CT molecular complexity index is 1070. The van der Waals surface area contributed by atoms with E-state index < -0.39 is 0 Å². The molecule has 0 aliphatic carbocycles. The van der Waals surface area contributed by atoms with Crippen molar-refractivity contribution >= 4 is 17.7 Å². The van der Waals surface area contributed by atoms with E-state index in [0.717, 1.165) is 18.5 Å². The second-order valence-electron chi connectivity index (χ2n) is 6.98. The van der Waals surface area contributed by atoms with Gasteiger partial charge in [0.2, 0.25) is 18.6 Å². The molecule has 1 atom stereocenters. The van der Waals surface area contributed by atoms with Crippen molar-refractivity contribution in [3.8, 4) is 23.0 Å². The molecule has 2 aliphatic rings. The second kappa shape index (κ2) is 7.44. The number of rotatable bonds is 4. The van der Waals surface area contributed by atoms with E-state index in [1.54, 1.807) is 0 Å². The van der Waals surface area contributed by atoms with Crippen molar-refractivity contribution < 1.29 is 18.7 Å². The van der Waals surface area contributed by atoms with Gasteiger partial charge in [-0.2, -0.15) is 0 Å². The van der Waals surface area contributed by atoms with Crippen LogP contribution in [-0.4, -0.2) is 39.6 Å². The summed E-state index contributed by atoms with van der Waals surface area (Å²) in [6, 6.07) is 13.7. The first-order valence-electron chi connectivity index (χ1n) is 9.43. The van der Waals surface area contributed by atoms with E-state index in [0.29, 0.717) is 29.2 Å². The number of thioether (sulfide) groups is 1. The highest BCUT2D eigenvalue weighted by atomic mass is 32.2. The lowest BCUT2D eigenvalue weighted by Gasteiger charge is -2.30. The van der Waals surface area contributed by atoms with Crippen molar-refractivity contribution in [1.29, 1.82) is 0 Å². The monoisotopic (exact) mass is 409 g/mol. The van der Waals surface area contributed by atoms with Crippen LogP contribution in [-0.2, 0) is 17.8 Å². The maximum absolute atomic E-state index is 12.9. The molecule has 2 aromatic carbocycles. The lowest BCUT2D eigenvalue weighted by Crippen LogP contribution is -2.40. The van der Waals surface area contributed by atoms with Crippen molar-refractivity contribution in [3.63, 3.8) is 0 Å². The van der Waals surface area contributed by atoms with Gasteiger partial charge in [-0.25, -0.2) is 0 Å². The Morgan fingerprint density at radius 1 is 1.10 bits per heavy atom. The van der Waals surface area contributed by atoms with Gasteiger partial charge in [0.1, 0.15) is 0 Å². The summed E-state index contributed by atoms with van der Waals surface area (Å²) in [6.45, 7) is 3.46. The Hall–Kier alpha value is -3.00. The van der Waals surface area contributed by atoms with Gasteiger partial charge >= 0.3 is 0 Å². The number of hydrogen-bond donors (Lipinski definition) is 0. The van der Waals surface area contributed by atoms with Crippen LogP contribution in [0.2, 0.25) is 0 Å². The lowest BCUT2D eigenvalue weighted by molar-refractivity contribution is -0.131. The third-order valence-corrected chi connectivity index (χ3v) is 6.02. The van der Waals surface area contributed by atoms with Crippen LogP contribution >= 0.6 is 11.8 Å².